The Morgan fingerprint density at radius 1 is 1.60 bits per heavy atom. The molecule has 1 N–H and O–H groups in total. The van der Waals surface area contributed by atoms with Gasteiger partial charge in [-0.05, 0) is 19.4 Å². The van der Waals surface area contributed by atoms with Gasteiger partial charge in [-0.1, -0.05) is 6.58 Å². The lowest BCUT2D eigenvalue weighted by molar-refractivity contribution is -0.117. The first kappa shape index (κ1) is 14.0. The van der Waals surface area contributed by atoms with Gasteiger partial charge in [0.2, 0.25) is 5.91 Å². The van der Waals surface area contributed by atoms with E-state index in [1.165, 1.54) is 6.08 Å². The quantitative estimate of drug-likeness (QED) is 0.411. The Bertz CT molecular complexity index is 546. The number of nitrogens with one attached hydrogen (secondary N) is 1. The van der Waals surface area contributed by atoms with Crippen molar-refractivity contribution in [3.8, 4) is 0 Å². The lowest BCUT2D eigenvalue weighted by Gasteiger charge is -2.26. The third kappa shape index (κ3) is 1.90. The lowest BCUT2D eigenvalue weighted by atomic mass is 9.85. The van der Waals surface area contributed by atoms with E-state index >= 15 is 0 Å². The van der Waals surface area contributed by atoms with Crippen LogP contribution in [0, 0.1) is 0 Å². The predicted molar refractivity (Wildman–Crippen MR) is 68.4 cm³/mol. The number of fused-ring (bicyclic) bond motifs is 1. The van der Waals surface area contributed by atoms with Crippen molar-refractivity contribution in [3.63, 3.8) is 0 Å². The largest absolute Gasteiger partial charge is 0.371 e. The number of rotatable bonds is 5. The molecule has 0 aromatic rings. The smallest absolute Gasteiger partial charge is 0.273 e. The van der Waals surface area contributed by atoms with Gasteiger partial charge in [-0.3, -0.25) is 8.98 Å². The van der Waals surface area contributed by atoms with Gasteiger partial charge in [0, 0.05) is 6.54 Å². The minimum absolute atomic E-state index is 0.262. The van der Waals surface area contributed by atoms with Crippen LogP contribution in [0.15, 0.2) is 12.7 Å². The maximum absolute atomic E-state index is 11.9. The van der Waals surface area contributed by atoms with E-state index < -0.39 is 33.2 Å². The Labute approximate surface area is 117 Å². The molecular formula is C12H17NO6S. The van der Waals surface area contributed by atoms with Gasteiger partial charge in [0.15, 0.2) is 0 Å². The van der Waals surface area contributed by atoms with Crippen molar-refractivity contribution in [3.05, 3.63) is 12.7 Å². The van der Waals surface area contributed by atoms with Gasteiger partial charge in [-0.15, -0.1) is 0 Å². The molecule has 0 aliphatic carbocycles. The Morgan fingerprint density at radius 3 is 3.05 bits per heavy atom. The third-order valence-corrected chi connectivity index (χ3v) is 6.04. The van der Waals surface area contributed by atoms with Crippen LogP contribution in [0.3, 0.4) is 0 Å². The summed E-state index contributed by atoms with van der Waals surface area (Å²) >= 11 is 0. The number of hydrogen-bond donors (Lipinski definition) is 1. The van der Waals surface area contributed by atoms with Crippen LogP contribution >= 0.6 is 0 Å². The first-order valence-corrected chi connectivity index (χ1v) is 7.97. The minimum Gasteiger partial charge on any atom is -0.371 e. The molecule has 0 saturated carbocycles. The zero-order valence-electron chi connectivity index (χ0n) is 11.1. The van der Waals surface area contributed by atoms with Crippen LogP contribution in [0.1, 0.15) is 13.3 Å². The zero-order chi connectivity index (χ0) is 14.5. The van der Waals surface area contributed by atoms with Crippen molar-refractivity contribution in [2.24, 2.45) is 0 Å². The highest BCUT2D eigenvalue weighted by atomic mass is 32.2. The summed E-state index contributed by atoms with van der Waals surface area (Å²) in [5, 5.41) is 2.00. The first-order valence-electron chi connectivity index (χ1n) is 6.50. The summed E-state index contributed by atoms with van der Waals surface area (Å²) < 4.78 is 40.3. The molecule has 3 heterocycles. The highest BCUT2D eigenvalue weighted by molar-refractivity contribution is 7.87. The van der Waals surface area contributed by atoms with Crippen molar-refractivity contribution in [1.82, 2.24) is 5.32 Å². The number of carbonyl (C=O) groups is 1. The summed E-state index contributed by atoms with van der Waals surface area (Å²) in [6.45, 7) is 5.70. The molecule has 0 aromatic carbocycles. The van der Waals surface area contributed by atoms with E-state index in [2.05, 4.69) is 11.9 Å². The van der Waals surface area contributed by atoms with Crippen molar-refractivity contribution < 1.29 is 26.9 Å². The maximum Gasteiger partial charge on any atom is 0.273 e. The molecule has 0 aromatic heterocycles. The molecular weight excluding hydrogens is 286 g/mol. The molecule has 20 heavy (non-hydrogen) atoms. The van der Waals surface area contributed by atoms with E-state index in [9.17, 15) is 13.2 Å². The normalized spacial score (nSPS) is 43.6. The summed E-state index contributed by atoms with van der Waals surface area (Å²) in [4.78, 5) is 11.0. The van der Waals surface area contributed by atoms with Crippen LogP contribution in [0.5, 0.6) is 0 Å². The third-order valence-electron chi connectivity index (χ3n) is 4.20. The fraction of sp³-hybridized carbons (Fsp3) is 0.750. The highest BCUT2D eigenvalue weighted by Crippen LogP contribution is 2.54. The molecule has 7 nitrogen and oxygen atoms in total. The van der Waals surface area contributed by atoms with Gasteiger partial charge in [0.1, 0.15) is 23.1 Å². The molecule has 0 radical (unpaired) electrons. The van der Waals surface area contributed by atoms with E-state index in [4.69, 9.17) is 13.7 Å². The molecule has 112 valence electrons. The first-order chi connectivity index (χ1) is 9.38. The number of ether oxygens (including phenoxy) is 2. The molecule has 3 aliphatic heterocycles. The second-order valence-corrected chi connectivity index (χ2v) is 7.15. The molecule has 8 heteroatoms. The van der Waals surface area contributed by atoms with Crippen molar-refractivity contribution in [2.45, 2.75) is 42.5 Å². The van der Waals surface area contributed by atoms with E-state index in [0.29, 0.717) is 13.0 Å². The van der Waals surface area contributed by atoms with Crippen LogP contribution < -0.4 is 5.32 Å². The second-order valence-electron chi connectivity index (χ2n) is 5.40. The van der Waals surface area contributed by atoms with E-state index in [1.807, 2.05) is 0 Å². The standard InChI is InChI=1S/C12H17NO6S/c1-3-9(14)13-4-5-17-10-7-6-8-12(2,18-7)11(10)19-20(8,15)16/h3,7-8,10-11H,1,4-6H2,2H3,(H,13,14). The SMILES string of the molecule is C=CC(=O)NCCOC1C2CC3C(C)(O2)C1OS3(=O)=O. The molecule has 3 aliphatic rings. The number of amides is 1. The van der Waals surface area contributed by atoms with Crippen LogP contribution in [0.25, 0.3) is 0 Å². The van der Waals surface area contributed by atoms with E-state index in [-0.39, 0.29) is 18.6 Å². The summed E-state index contributed by atoms with van der Waals surface area (Å²) in [6, 6.07) is 0. The molecule has 3 fully saturated rings. The molecule has 3 saturated heterocycles. The van der Waals surface area contributed by atoms with Crippen molar-refractivity contribution in [1.29, 1.82) is 0 Å². The Balaban J connectivity index is 1.61. The second kappa shape index (κ2) is 4.52. The van der Waals surface area contributed by atoms with Gasteiger partial charge in [0.25, 0.3) is 10.1 Å². The van der Waals surface area contributed by atoms with Gasteiger partial charge >= 0.3 is 0 Å². The van der Waals surface area contributed by atoms with E-state index in [0.717, 1.165) is 0 Å². The van der Waals surface area contributed by atoms with Crippen LogP contribution in [0.4, 0.5) is 0 Å². The minimum atomic E-state index is -3.56. The highest BCUT2D eigenvalue weighted by Gasteiger charge is 2.73. The molecule has 2 bridgehead atoms. The summed E-state index contributed by atoms with van der Waals surface area (Å²) in [7, 11) is -3.56. The molecule has 1 amide bonds. The average Bonchev–Trinajstić information content (AvgIpc) is 2.89. The summed E-state index contributed by atoms with van der Waals surface area (Å²) in [5.74, 6) is -0.274. The fourth-order valence-corrected chi connectivity index (χ4v) is 5.18. The number of hydrogen-bond acceptors (Lipinski definition) is 6. The topological polar surface area (TPSA) is 90.9 Å². The summed E-state index contributed by atoms with van der Waals surface area (Å²) in [6.07, 6.45) is 0.320. The predicted octanol–water partition coefficient (Wildman–Crippen LogP) is -0.668. The Kier molecular flexibility index (Phi) is 3.16. The van der Waals surface area contributed by atoms with Gasteiger partial charge in [-0.25, -0.2) is 0 Å². The van der Waals surface area contributed by atoms with Crippen LogP contribution in [-0.4, -0.2) is 56.6 Å². The van der Waals surface area contributed by atoms with E-state index in [1.54, 1.807) is 6.92 Å². The number of carbonyl (C=O) groups excluding carboxylic acids is 1. The molecule has 3 rings (SSSR count). The van der Waals surface area contributed by atoms with Crippen LogP contribution in [0.2, 0.25) is 0 Å². The van der Waals surface area contributed by atoms with Crippen molar-refractivity contribution in [2.75, 3.05) is 13.2 Å². The van der Waals surface area contributed by atoms with Gasteiger partial charge in [0.05, 0.1) is 12.7 Å². The maximum atomic E-state index is 11.9. The lowest BCUT2D eigenvalue weighted by Crippen LogP contribution is -2.48. The van der Waals surface area contributed by atoms with Gasteiger partial charge in [-0.2, -0.15) is 8.42 Å². The molecule has 5 unspecified atom stereocenters. The monoisotopic (exact) mass is 303 g/mol. The Morgan fingerprint density at radius 2 is 2.35 bits per heavy atom. The van der Waals surface area contributed by atoms with Crippen LogP contribution in [-0.2, 0) is 28.6 Å². The average molecular weight is 303 g/mol. The zero-order valence-corrected chi connectivity index (χ0v) is 11.9. The van der Waals surface area contributed by atoms with Gasteiger partial charge < -0.3 is 14.8 Å². The fourth-order valence-electron chi connectivity index (χ4n) is 3.27. The Hall–Kier alpha value is -0.960. The van der Waals surface area contributed by atoms with Crippen molar-refractivity contribution >= 4 is 16.0 Å². The summed E-state index contributed by atoms with van der Waals surface area (Å²) in [5.41, 5.74) is -0.807. The molecule has 0 spiro atoms. The molecule has 5 atom stereocenters.